The van der Waals surface area contributed by atoms with Crippen molar-refractivity contribution in [2.45, 2.75) is 6.92 Å². The van der Waals surface area contributed by atoms with Crippen LogP contribution in [0.4, 0.5) is 10.1 Å². The highest BCUT2D eigenvalue weighted by Gasteiger charge is 2.11. The average Bonchev–Trinajstić information content (AvgIpc) is 3.19. The summed E-state index contributed by atoms with van der Waals surface area (Å²) in [6.07, 6.45) is 0. The number of hydrogen-bond donors (Lipinski definition) is 1. The summed E-state index contributed by atoms with van der Waals surface area (Å²) in [5.74, 6) is 0.228. The second-order valence-corrected chi connectivity index (χ2v) is 6.33. The van der Waals surface area contributed by atoms with E-state index in [-0.39, 0.29) is 11.7 Å². The molecule has 4 rings (SSSR count). The molecule has 3 aromatic carbocycles. The summed E-state index contributed by atoms with van der Waals surface area (Å²) in [7, 11) is 0. The lowest BCUT2D eigenvalue weighted by Crippen LogP contribution is -2.11. The maximum atomic E-state index is 13.0. The molecular weight excluding hydrogens is 357 g/mol. The van der Waals surface area contributed by atoms with Gasteiger partial charge in [0.1, 0.15) is 5.82 Å². The number of amides is 1. The number of benzene rings is 3. The van der Waals surface area contributed by atoms with Crippen LogP contribution >= 0.6 is 0 Å². The van der Waals surface area contributed by atoms with Gasteiger partial charge in [-0.2, -0.15) is 4.98 Å². The molecule has 0 radical (unpaired) electrons. The molecule has 138 valence electrons. The number of halogens is 1. The van der Waals surface area contributed by atoms with Crippen LogP contribution in [0.2, 0.25) is 0 Å². The summed E-state index contributed by atoms with van der Waals surface area (Å²) < 4.78 is 18.3. The smallest absolute Gasteiger partial charge is 0.258 e. The van der Waals surface area contributed by atoms with Gasteiger partial charge in [0.2, 0.25) is 5.82 Å². The molecule has 1 amide bonds. The Morgan fingerprint density at radius 2 is 1.68 bits per heavy atom. The van der Waals surface area contributed by atoms with Gasteiger partial charge in [-0.1, -0.05) is 22.9 Å². The van der Waals surface area contributed by atoms with Crippen LogP contribution in [0.15, 0.2) is 77.3 Å². The lowest BCUT2D eigenvalue weighted by molar-refractivity contribution is 0.102. The van der Waals surface area contributed by atoms with Crippen LogP contribution in [-0.4, -0.2) is 16.0 Å². The van der Waals surface area contributed by atoms with Crippen LogP contribution in [0.1, 0.15) is 15.9 Å². The molecule has 1 heterocycles. The first-order valence-electron chi connectivity index (χ1n) is 8.66. The number of nitrogens with zero attached hydrogens (tertiary/aromatic N) is 2. The Kier molecular flexibility index (Phi) is 4.68. The van der Waals surface area contributed by atoms with Crippen LogP contribution in [0.5, 0.6) is 0 Å². The normalized spacial score (nSPS) is 10.6. The average molecular weight is 373 g/mol. The van der Waals surface area contributed by atoms with E-state index in [1.54, 1.807) is 42.5 Å². The molecule has 1 N–H and O–H groups in total. The van der Waals surface area contributed by atoms with Crippen LogP contribution < -0.4 is 5.32 Å². The van der Waals surface area contributed by atoms with Crippen molar-refractivity contribution in [3.63, 3.8) is 0 Å². The molecule has 0 unspecified atom stereocenters. The number of anilines is 1. The van der Waals surface area contributed by atoms with Gasteiger partial charge in [-0.25, -0.2) is 4.39 Å². The first-order valence-corrected chi connectivity index (χ1v) is 8.66. The van der Waals surface area contributed by atoms with Gasteiger partial charge in [-0.3, -0.25) is 4.79 Å². The maximum absolute atomic E-state index is 13.0. The van der Waals surface area contributed by atoms with Crippen molar-refractivity contribution in [1.29, 1.82) is 0 Å². The molecule has 0 aliphatic carbocycles. The van der Waals surface area contributed by atoms with Gasteiger partial charge >= 0.3 is 0 Å². The molecule has 0 atom stereocenters. The number of hydrogen-bond acceptors (Lipinski definition) is 4. The van der Waals surface area contributed by atoms with E-state index < -0.39 is 0 Å². The highest BCUT2D eigenvalue weighted by molar-refractivity contribution is 6.04. The zero-order valence-corrected chi connectivity index (χ0v) is 15.0. The van der Waals surface area contributed by atoms with Crippen molar-refractivity contribution in [3.8, 4) is 22.8 Å². The van der Waals surface area contributed by atoms with Crippen molar-refractivity contribution in [1.82, 2.24) is 10.1 Å². The quantitative estimate of drug-likeness (QED) is 0.540. The molecule has 0 aliphatic heterocycles. The monoisotopic (exact) mass is 373 g/mol. The minimum atomic E-state index is -0.323. The lowest BCUT2D eigenvalue weighted by atomic mass is 10.1. The molecule has 0 bridgehead atoms. The number of nitrogens with one attached hydrogen (secondary N) is 1. The van der Waals surface area contributed by atoms with Gasteiger partial charge in [-0.15, -0.1) is 0 Å². The maximum Gasteiger partial charge on any atom is 0.258 e. The molecule has 0 spiro atoms. The van der Waals surface area contributed by atoms with Crippen LogP contribution in [0.25, 0.3) is 22.8 Å². The van der Waals surface area contributed by atoms with Gasteiger partial charge in [-0.05, 0) is 67.6 Å². The zero-order valence-electron chi connectivity index (χ0n) is 15.0. The number of carbonyl (C=O) groups is 1. The van der Waals surface area contributed by atoms with Crippen LogP contribution in [-0.2, 0) is 0 Å². The number of aromatic nitrogens is 2. The highest BCUT2D eigenvalue weighted by atomic mass is 19.1. The number of carbonyl (C=O) groups excluding carboxylic acids is 1. The number of aryl methyl sites for hydroxylation is 1. The predicted octanol–water partition coefficient (Wildman–Crippen LogP) is 5.10. The van der Waals surface area contributed by atoms with E-state index in [0.29, 0.717) is 28.5 Å². The Morgan fingerprint density at radius 3 is 2.39 bits per heavy atom. The first kappa shape index (κ1) is 17.6. The van der Waals surface area contributed by atoms with Gasteiger partial charge < -0.3 is 9.84 Å². The van der Waals surface area contributed by atoms with E-state index in [4.69, 9.17) is 4.52 Å². The van der Waals surface area contributed by atoms with Gasteiger partial charge in [0.25, 0.3) is 11.8 Å². The molecule has 0 saturated heterocycles. The van der Waals surface area contributed by atoms with E-state index in [1.807, 2.05) is 25.1 Å². The summed E-state index contributed by atoms with van der Waals surface area (Å²) >= 11 is 0. The summed E-state index contributed by atoms with van der Waals surface area (Å²) in [6.45, 7) is 1.94. The Morgan fingerprint density at radius 1 is 0.964 bits per heavy atom. The standard InChI is InChI=1S/C22H16FN3O2/c1-14-3-2-4-17(13-14)21(27)24-19-11-7-16(8-12-19)22-25-20(26-28-22)15-5-9-18(23)10-6-15/h2-13H,1H3,(H,24,27). The third kappa shape index (κ3) is 3.81. The highest BCUT2D eigenvalue weighted by Crippen LogP contribution is 2.24. The molecule has 6 heteroatoms. The van der Waals surface area contributed by atoms with Crippen molar-refractivity contribution >= 4 is 11.6 Å². The lowest BCUT2D eigenvalue weighted by Gasteiger charge is -2.06. The fourth-order valence-electron chi connectivity index (χ4n) is 2.74. The van der Waals surface area contributed by atoms with Crippen molar-refractivity contribution in [2.24, 2.45) is 0 Å². The third-order valence-electron chi connectivity index (χ3n) is 4.20. The fraction of sp³-hybridized carbons (Fsp3) is 0.0455. The topological polar surface area (TPSA) is 68.0 Å². The van der Waals surface area contributed by atoms with Crippen molar-refractivity contribution in [2.75, 3.05) is 5.32 Å². The molecule has 4 aromatic rings. The molecule has 1 aromatic heterocycles. The van der Waals surface area contributed by atoms with Gasteiger partial charge in [0.15, 0.2) is 0 Å². The van der Waals surface area contributed by atoms with Gasteiger partial charge in [0.05, 0.1) is 0 Å². The van der Waals surface area contributed by atoms with E-state index in [1.165, 1.54) is 12.1 Å². The van der Waals surface area contributed by atoms with Crippen LogP contribution in [0.3, 0.4) is 0 Å². The Balaban J connectivity index is 1.49. The zero-order chi connectivity index (χ0) is 19.5. The molecule has 5 nitrogen and oxygen atoms in total. The SMILES string of the molecule is Cc1cccc(C(=O)Nc2ccc(-c3nc(-c4ccc(F)cc4)no3)cc2)c1. The van der Waals surface area contributed by atoms with Crippen molar-refractivity contribution in [3.05, 3.63) is 89.7 Å². The van der Waals surface area contributed by atoms with E-state index in [9.17, 15) is 9.18 Å². The van der Waals surface area contributed by atoms with Crippen molar-refractivity contribution < 1.29 is 13.7 Å². The summed E-state index contributed by atoms with van der Waals surface area (Å²) in [5.41, 5.74) is 3.67. The molecule has 0 aliphatic rings. The summed E-state index contributed by atoms with van der Waals surface area (Å²) in [6, 6.07) is 20.4. The molecule has 0 fully saturated rings. The molecule has 0 saturated carbocycles. The third-order valence-corrected chi connectivity index (χ3v) is 4.20. The number of rotatable bonds is 4. The van der Waals surface area contributed by atoms with E-state index in [0.717, 1.165) is 11.1 Å². The van der Waals surface area contributed by atoms with Crippen LogP contribution in [0, 0.1) is 12.7 Å². The second-order valence-electron chi connectivity index (χ2n) is 6.33. The minimum absolute atomic E-state index is 0.173. The Bertz CT molecular complexity index is 1120. The van der Waals surface area contributed by atoms with E-state index >= 15 is 0 Å². The molecular formula is C22H16FN3O2. The molecule has 28 heavy (non-hydrogen) atoms. The fourth-order valence-corrected chi connectivity index (χ4v) is 2.74. The van der Waals surface area contributed by atoms with Gasteiger partial charge in [0, 0.05) is 22.4 Å². The summed E-state index contributed by atoms with van der Waals surface area (Å²) in [4.78, 5) is 16.7. The minimum Gasteiger partial charge on any atom is -0.334 e. The summed E-state index contributed by atoms with van der Waals surface area (Å²) in [5, 5.41) is 6.79. The first-order chi connectivity index (χ1) is 13.6. The Hall–Kier alpha value is -3.80. The predicted molar refractivity (Wildman–Crippen MR) is 104 cm³/mol. The largest absolute Gasteiger partial charge is 0.334 e. The Labute approximate surface area is 160 Å². The van der Waals surface area contributed by atoms with E-state index in [2.05, 4.69) is 15.5 Å². The second kappa shape index (κ2) is 7.44.